The van der Waals surface area contributed by atoms with E-state index in [1.54, 1.807) is 11.8 Å². The molecule has 0 saturated carbocycles. The van der Waals surface area contributed by atoms with Crippen molar-refractivity contribution in [2.24, 2.45) is 5.92 Å². The van der Waals surface area contributed by atoms with Gasteiger partial charge in [-0.25, -0.2) is 4.79 Å². The van der Waals surface area contributed by atoms with Gasteiger partial charge >= 0.3 is 5.97 Å². The average molecular weight is 320 g/mol. The fourth-order valence-corrected chi connectivity index (χ4v) is 2.65. The lowest BCUT2D eigenvalue weighted by molar-refractivity contribution is -0.385. The van der Waals surface area contributed by atoms with Crippen molar-refractivity contribution >= 4 is 17.6 Å². The van der Waals surface area contributed by atoms with Crippen LogP contribution in [0.3, 0.4) is 0 Å². The summed E-state index contributed by atoms with van der Waals surface area (Å²) in [6, 6.07) is 4.12. The summed E-state index contributed by atoms with van der Waals surface area (Å²) in [7, 11) is 0. The average Bonchev–Trinajstić information content (AvgIpc) is 2.52. The molecule has 0 radical (unpaired) electrons. The summed E-state index contributed by atoms with van der Waals surface area (Å²) in [5, 5.41) is 10.9. The number of carbonyl (C=O) groups is 2. The molecule has 0 N–H and O–H groups in total. The van der Waals surface area contributed by atoms with Crippen LogP contribution in [0.1, 0.15) is 35.7 Å². The number of amides is 1. The van der Waals surface area contributed by atoms with Gasteiger partial charge in [0.15, 0.2) is 6.61 Å². The molecule has 0 unspecified atom stereocenters. The Balaban J connectivity index is 1.95. The van der Waals surface area contributed by atoms with Gasteiger partial charge < -0.3 is 9.64 Å². The highest BCUT2D eigenvalue weighted by molar-refractivity contribution is 5.92. The van der Waals surface area contributed by atoms with E-state index in [1.807, 2.05) is 0 Å². The Kier molecular flexibility index (Phi) is 5.31. The molecule has 0 aromatic heterocycles. The second-order valence-electron chi connectivity index (χ2n) is 5.92. The van der Waals surface area contributed by atoms with Crippen molar-refractivity contribution in [2.45, 2.75) is 26.7 Å². The van der Waals surface area contributed by atoms with Gasteiger partial charge in [0, 0.05) is 24.7 Å². The van der Waals surface area contributed by atoms with Crippen LogP contribution < -0.4 is 0 Å². The third-order valence-corrected chi connectivity index (χ3v) is 3.98. The third kappa shape index (κ3) is 4.28. The van der Waals surface area contributed by atoms with Gasteiger partial charge in [-0.05, 0) is 31.7 Å². The lowest BCUT2D eigenvalue weighted by atomic mass is 10.0. The number of ether oxygens (including phenoxy) is 1. The highest BCUT2D eigenvalue weighted by atomic mass is 16.6. The first-order valence-corrected chi connectivity index (χ1v) is 7.58. The van der Waals surface area contributed by atoms with Crippen LogP contribution in [-0.4, -0.2) is 41.4 Å². The fourth-order valence-electron chi connectivity index (χ4n) is 2.65. The molecule has 1 aliphatic rings. The Morgan fingerprint density at radius 1 is 1.43 bits per heavy atom. The number of rotatable bonds is 4. The highest BCUT2D eigenvalue weighted by Crippen LogP contribution is 2.20. The van der Waals surface area contributed by atoms with E-state index < -0.39 is 10.9 Å². The summed E-state index contributed by atoms with van der Waals surface area (Å²) in [6.45, 7) is 4.68. The minimum atomic E-state index is -0.730. The molecule has 1 aromatic rings. The van der Waals surface area contributed by atoms with Crippen LogP contribution in [0.5, 0.6) is 0 Å². The van der Waals surface area contributed by atoms with Crippen LogP contribution in [0.15, 0.2) is 18.2 Å². The summed E-state index contributed by atoms with van der Waals surface area (Å²) in [6.07, 6.45) is 2.04. The van der Waals surface area contributed by atoms with Crippen LogP contribution in [0, 0.1) is 23.0 Å². The molecular weight excluding hydrogens is 300 g/mol. The molecule has 1 heterocycles. The van der Waals surface area contributed by atoms with E-state index in [4.69, 9.17) is 4.74 Å². The molecule has 1 saturated heterocycles. The van der Waals surface area contributed by atoms with Gasteiger partial charge in [0.05, 0.1) is 10.5 Å². The summed E-state index contributed by atoms with van der Waals surface area (Å²) in [5.41, 5.74) is 0.391. The molecule has 0 spiro atoms. The van der Waals surface area contributed by atoms with Crippen molar-refractivity contribution in [1.29, 1.82) is 0 Å². The van der Waals surface area contributed by atoms with E-state index in [1.165, 1.54) is 18.2 Å². The van der Waals surface area contributed by atoms with Crippen LogP contribution in [-0.2, 0) is 9.53 Å². The minimum absolute atomic E-state index is 0.0714. The van der Waals surface area contributed by atoms with Crippen molar-refractivity contribution in [3.8, 4) is 0 Å². The summed E-state index contributed by atoms with van der Waals surface area (Å²) in [4.78, 5) is 36.1. The fraction of sp³-hybridized carbons (Fsp3) is 0.500. The van der Waals surface area contributed by atoms with Crippen molar-refractivity contribution in [3.63, 3.8) is 0 Å². The first-order chi connectivity index (χ1) is 10.9. The van der Waals surface area contributed by atoms with Gasteiger partial charge in [-0.2, -0.15) is 0 Å². The van der Waals surface area contributed by atoms with E-state index in [0.29, 0.717) is 24.6 Å². The Labute approximate surface area is 134 Å². The van der Waals surface area contributed by atoms with E-state index >= 15 is 0 Å². The summed E-state index contributed by atoms with van der Waals surface area (Å²) in [5.74, 6) is -0.513. The minimum Gasteiger partial charge on any atom is -0.452 e. The normalized spacial score (nSPS) is 17.7. The topological polar surface area (TPSA) is 89.8 Å². The predicted molar refractivity (Wildman–Crippen MR) is 83.1 cm³/mol. The lowest BCUT2D eigenvalue weighted by Crippen LogP contribution is -2.41. The molecule has 1 aromatic carbocycles. The van der Waals surface area contributed by atoms with Crippen LogP contribution >= 0.6 is 0 Å². The second kappa shape index (κ2) is 7.21. The molecule has 7 heteroatoms. The van der Waals surface area contributed by atoms with Gasteiger partial charge in [0.2, 0.25) is 0 Å². The number of hydrogen-bond acceptors (Lipinski definition) is 5. The number of aryl methyl sites for hydroxylation is 1. The van der Waals surface area contributed by atoms with Gasteiger partial charge in [-0.15, -0.1) is 0 Å². The maximum atomic E-state index is 12.0. The maximum Gasteiger partial charge on any atom is 0.338 e. The zero-order valence-electron chi connectivity index (χ0n) is 13.3. The number of benzene rings is 1. The molecule has 23 heavy (non-hydrogen) atoms. The van der Waals surface area contributed by atoms with Crippen molar-refractivity contribution in [2.75, 3.05) is 19.7 Å². The number of nitro groups is 1. The Morgan fingerprint density at radius 2 is 2.17 bits per heavy atom. The SMILES string of the molecule is Cc1ccc(C(=O)OCC(=O)N2CCC[C@@H](C)C2)cc1[N+](=O)[O-]. The first-order valence-electron chi connectivity index (χ1n) is 7.58. The van der Waals surface area contributed by atoms with E-state index in [-0.39, 0.29) is 23.8 Å². The van der Waals surface area contributed by atoms with Gasteiger partial charge in [0.25, 0.3) is 11.6 Å². The molecule has 2 rings (SSSR count). The number of carbonyl (C=O) groups excluding carboxylic acids is 2. The Hall–Kier alpha value is -2.44. The monoisotopic (exact) mass is 320 g/mol. The van der Waals surface area contributed by atoms with Crippen LogP contribution in [0.25, 0.3) is 0 Å². The van der Waals surface area contributed by atoms with Crippen molar-refractivity contribution < 1.29 is 19.2 Å². The number of piperidine rings is 1. The quantitative estimate of drug-likeness (QED) is 0.482. The maximum absolute atomic E-state index is 12.0. The van der Waals surface area contributed by atoms with E-state index in [2.05, 4.69) is 6.92 Å². The Morgan fingerprint density at radius 3 is 2.83 bits per heavy atom. The predicted octanol–water partition coefficient (Wildman–Crippen LogP) is 2.32. The van der Waals surface area contributed by atoms with Crippen LogP contribution in [0.2, 0.25) is 0 Å². The lowest BCUT2D eigenvalue weighted by Gasteiger charge is -2.30. The molecule has 1 atom stereocenters. The molecule has 1 fully saturated rings. The van der Waals surface area contributed by atoms with Gasteiger partial charge in [0.1, 0.15) is 0 Å². The zero-order valence-corrected chi connectivity index (χ0v) is 13.3. The van der Waals surface area contributed by atoms with E-state index in [0.717, 1.165) is 12.8 Å². The van der Waals surface area contributed by atoms with Crippen molar-refractivity contribution in [1.82, 2.24) is 4.90 Å². The number of hydrogen-bond donors (Lipinski definition) is 0. The number of likely N-dealkylation sites (tertiary alicyclic amines) is 1. The standard InChI is InChI=1S/C16H20N2O5/c1-11-4-3-7-17(9-11)15(19)10-23-16(20)13-6-5-12(2)14(8-13)18(21)22/h5-6,8,11H,3-4,7,9-10H2,1-2H3/t11-/m1/s1. The summed E-state index contributed by atoms with van der Waals surface area (Å²) < 4.78 is 5.00. The largest absolute Gasteiger partial charge is 0.452 e. The van der Waals surface area contributed by atoms with Gasteiger partial charge in [-0.1, -0.05) is 13.0 Å². The number of nitrogens with zero attached hydrogens (tertiary/aromatic N) is 2. The van der Waals surface area contributed by atoms with E-state index in [9.17, 15) is 19.7 Å². The molecule has 1 aliphatic heterocycles. The van der Waals surface area contributed by atoms with Crippen molar-refractivity contribution in [3.05, 3.63) is 39.4 Å². The summed E-state index contributed by atoms with van der Waals surface area (Å²) >= 11 is 0. The zero-order chi connectivity index (χ0) is 17.0. The third-order valence-electron chi connectivity index (χ3n) is 3.98. The molecule has 1 amide bonds. The molecule has 7 nitrogen and oxygen atoms in total. The Bertz CT molecular complexity index is 629. The smallest absolute Gasteiger partial charge is 0.338 e. The number of nitro benzene ring substituents is 1. The van der Waals surface area contributed by atoms with Gasteiger partial charge in [-0.3, -0.25) is 14.9 Å². The second-order valence-corrected chi connectivity index (χ2v) is 5.92. The molecule has 0 aliphatic carbocycles. The molecule has 124 valence electrons. The molecule has 0 bridgehead atoms. The number of esters is 1. The van der Waals surface area contributed by atoms with Crippen LogP contribution in [0.4, 0.5) is 5.69 Å². The molecular formula is C16H20N2O5. The first kappa shape index (κ1) is 16.9. The highest BCUT2D eigenvalue weighted by Gasteiger charge is 2.22.